The summed E-state index contributed by atoms with van der Waals surface area (Å²) in [4.78, 5) is 11.1. The summed E-state index contributed by atoms with van der Waals surface area (Å²) < 4.78 is 0. The highest BCUT2D eigenvalue weighted by molar-refractivity contribution is 6.01. The van der Waals surface area contributed by atoms with E-state index in [1.807, 2.05) is 18.2 Å². The van der Waals surface area contributed by atoms with E-state index in [0.29, 0.717) is 18.6 Å². The molecule has 0 saturated heterocycles. The molecule has 2 heteroatoms. The third-order valence-electron chi connectivity index (χ3n) is 2.50. The molecule has 1 atom stereocenters. The van der Waals surface area contributed by atoms with Crippen LogP contribution in [0.2, 0.25) is 0 Å². The Balaban J connectivity index is 2.32. The maximum Gasteiger partial charge on any atom is 0.137 e. The first-order valence-corrected chi connectivity index (χ1v) is 4.23. The molecular weight excluding hydrogens is 150 g/mol. The lowest BCUT2D eigenvalue weighted by Gasteiger charge is -2.25. The Morgan fingerprint density at radius 1 is 1.42 bits per heavy atom. The molecule has 0 heterocycles. The molecular formula is C10H11NO. The van der Waals surface area contributed by atoms with Crippen molar-refractivity contribution in [3.8, 4) is 0 Å². The molecule has 62 valence electrons. The van der Waals surface area contributed by atoms with E-state index in [4.69, 9.17) is 5.41 Å². The molecule has 12 heavy (non-hydrogen) atoms. The van der Waals surface area contributed by atoms with E-state index >= 15 is 0 Å². The Morgan fingerprint density at radius 3 is 3.08 bits per heavy atom. The van der Waals surface area contributed by atoms with Gasteiger partial charge in [-0.15, -0.1) is 0 Å². The summed E-state index contributed by atoms with van der Waals surface area (Å²) in [6.07, 6.45) is 7.87. The maximum absolute atomic E-state index is 11.1. The zero-order chi connectivity index (χ0) is 8.55. The maximum atomic E-state index is 11.1. The minimum absolute atomic E-state index is 0.108. The average molecular weight is 161 g/mol. The normalized spacial score (nSPS) is 28.3. The van der Waals surface area contributed by atoms with Crippen molar-refractivity contribution in [2.75, 3.05) is 0 Å². The van der Waals surface area contributed by atoms with Gasteiger partial charge in [0, 0.05) is 24.5 Å². The molecule has 0 saturated carbocycles. The van der Waals surface area contributed by atoms with E-state index in [1.54, 1.807) is 0 Å². The number of nitrogens with one attached hydrogen (secondary N) is 1. The molecule has 0 amide bonds. The molecule has 0 bridgehead atoms. The lowest BCUT2D eigenvalue weighted by atomic mass is 9.79. The van der Waals surface area contributed by atoms with Crippen molar-refractivity contribution in [1.82, 2.24) is 0 Å². The highest BCUT2D eigenvalue weighted by Gasteiger charge is 2.26. The van der Waals surface area contributed by atoms with Crippen LogP contribution in [0.3, 0.4) is 0 Å². The molecule has 0 aliphatic heterocycles. The monoisotopic (exact) mass is 161 g/mol. The number of carbonyl (C=O) groups is 1. The first kappa shape index (κ1) is 7.47. The van der Waals surface area contributed by atoms with Gasteiger partial charge in [0.1, 0.15) is 5.78 Å². The predicted octanol–water partition coefficient (Wildman–Crippen LogP) is 1.87. The number of Topliss-reactive ketones (excluding diaryl/α,β-unsaturated/α-hetero) is 1. The smallest absolute Gasteiger partial charge is 0.137 e. The van der Waals surface area contributed by atoms with Gasteiger partial charge in [0.15, 0.2) is 0 Å². The largest absolute Gasteiger partial charge is 0.305 e. The zero-order valence-corrected chi connectivity index (χ0v) is 6.84. The minimum atomic E-state index is 0.108. The van der Waals surface area contributed by atoms with Crippen molar-refractivity contribution in [3.63, 3.8) is 0 Å². The molecule has 2 rings (SSSR count). The molecule has 2 aliphatic rings. The van der Waals surface area contributed by atoms with Gasteiger partial charge in [0.05, 0.1) is 0 Å². The molecule has 0 aromatic rings. The summed E-state index contributed by atoms with van der Waals surface area (Å²) in [5.74, 6) is 0.375. The Morgan fingerprint density at radius 2 is 2.25 bits per heavy atom. The number of hydrogen-bond donors (Lipinski definition) is 1. The van der Waals surface area contributed by atoms with Crippen molar-refractivity contribution in [2.24, 2.45) is 5.92 Å². The van der Waals surface area contributed by atoms with E-state index in [-0.39, 0.29) is 11.7 Å². The summed E-state index contributed by atoms with van der Waals surface area (Å²) in [5.41, 5.74) is 1.86. The Kier molecular flexibility index (Phi) is 1.68. The van der Waals surface area contributed by atoms with Crippen LogP contribution in [0.1, 0.15) is 19.3 Å². The highest BCUT2D eigenvalue weighted by Crippen LogP contribution is 2.29. The first-order chi connectivity index (χ1) is 5.77. The van der Waals surface area contributed by atoms with Gasteiger partial charge in [-0.1, -0.05) is 17.7 Å². The average Bonchev–Trinajstić information content (AvgIpc) is 2.07. The van der Waals surface area contributed by atoms with Crippen molar-refractivity contribution in [1.29, 1.82) is 5.41 Å². The third kappa shape index (κ3) is 1.13. The summed E-state index contributed by atoms with van der Waals surface area (Å²) in [6, 6.07) is 0. The lowest BCUT2D eigenvalue weighted by molar-refractivity contribution is -0.118. The number of fused-ring (bicyclic) bond motifs is 1. The standard InChI is InChI=1S/C10H11NO/c11-10-3-1-2-7-4-5-8(12)6-9(7)10/h1,3-4,9,11H,2,5-6H2. The zero-order valence-electron chi connectivity index (χ0n) is 6.84. The number of carbonyl (C=O) groups excluding carboxylic acids is 1. The van der Waals surface area contributed by atoms with E-state index in [9.17, 15) is 4.79 Å². The molecule has 0 fully saturated rings. The highest BCUT2D eigenvalue weighted by atomic mass is 16.1. The van der Waals surface area contributed by atoms with E-state index < -0.39 is 0 Å². The summed E-state index contributed by atoms with van der Waals surface area (Å²) in [6.45, 7) is 0. The molecule has 2 aliphatic carbocycles. The second kappa shape index (κ2) is 2.70. The van der Waals surface area contributed by atoms with Crippen LogP contribution in [0.4, 0.5) is 0 Å². The van der Waals surface area contributed by atoms with Crippen LogP contribution in [0.15, 0.2) is 23.8 Å². The fourth-order valence-corrected chi connectivity index (χ4v) is 1.80. The van der Waals surface area contributed by atoms with Crippen molar-refractivity contribution >= 4 is 11.5 Å². The second-order valence-electron chi connectivity index (χ2n) is 3.34. The van der Waals surface area contributed by atoms with Crippen molar-refractivity contribution in [2.45, 2.75) is 19.3 Å². The summed E-state index contributed by atoms with van der Waals surface area (Å²) in [5, 5.41) is 7.62. The number of ketones is 1. The van der Waals surface area contributed by atoms with Crippen LogP contribution in [0.5, 0.6) is 0 Å². The molecule has 1 N–H and O–H groups in total. The number of hydrogen-bond acceptors (Lipinski definition) is 2. The molecule has 0 spiro atoms. The van der Waals surface area contributed by atoms with E-state index in [0.717, 1.165) is 6.42 Å². The van der Waals surface area contributed by atoms with Gasteiger partial charge in [-0.25, -0.2) is 0 Å². The van der Waals surface area contributed by atoms with Gasteiger partial charge in [-0.2, -0.15) is 0 Å². The van der Waals surface area contributed by atoms with E-state index in [1.165, 1.54) is 5.57 Å². The SMILES string of the molecule is N=C1C=CCC2=CCC(=O)CC12. The van der Waals surface area contributed by atoms with Gasteiger partial charge >= 0.3 is 0 Å². The summed E-state index contributed by atoms with van der Waals surface area (Å²) in [7, 11) is 0. The molecule has 1 unspecified atom stereocenters. The minimum Gasteiger partial charge on any atom is -0.305 e. The molecule has 2 nitrogen and oxygen atoms in total. The van der Waals surface area contributed by atoms with Crippen LogP contribution in [-0.2, 0) is 4.79 Å². The van der Waals surface area contributed by atoms with Gasteiger partial charge in [-0.05, 0) is 12.5 Å². The van der Waals surface area contributed by atoms with Crippen LogP contribution in [0.25, 0.3) is 0 Å². The van der Waals surface area contributed by atoms with Crippen molar-refractivity contribution in [3.05, 3.63) is 23.8 Å². The van der Waals surface area contributed by atoms with Gasteiger partial charge in [0.25, 0.3) is 0 Å². The van der Waals surface area contributed by atoms with Crippen LogP contribution < -0.4 is 0 Å². The van der Waals surface area contributed by atoms with Crippen LogP contribution >= 0.6 is 0 Å². The van der Waals surface area contributed by atoms with E-state index in [2.05, 4.69) is 0 Å². The molecule has 0 radical (unpaired) electrons. The Hall–Kier alpha value is -1.18. The first-order valence-electron chi connectivity index (χ1n) is 4.23. The Bertz CT molecular complexity index is 299. The van der Waals surface area contributed by atoms with Gasteiger partial charge < -0.3 is 5.41 Å². The topological polar surface area (TPSA) is 40.9 Å². The predicted molar refractivity (Wildman–Crippen MR) is 47.3 cm³/mol. The molecule has 0 aromatic carbocycles. The summed E-state index contributed by atoms with van der Waals surface area (Å²) >= 11 is 0. The fourth-order valence-electron chi connectivity index (χ4n) is 1.80. The van der Waals surface area contributed by atoms with Crippen LogP contribution in [0, 0.1) is 11.3 Å². The van der Waals surface area contributed by atoms with Gasteiger partial charge in [-0.3, -0.25) is 4.79 Å². The van der Waals surface area contributed by atoms with Crippen LogP contribution in [-0.4, -0.2) is 11.5 Å². The Labute approximate surface area is 71.5 Å². The molecule has 0 aromatic heterocycles. The second-order valence-corrected chi connectivity index (χ2v) is 3.34. The number of allylic oxidation sites excluding steroid dienone is 4. The quantitative estimate of drug-likeness (QED) is 0.541. The van der Waals surface area contributed by atoms with Crippen molar-refractivity contribution < 1.29 is 4.79 Å². The lowest BCUT2D eigenvalue weighted by Crippen LogP contribution is -2.24. The fraction of sp³-hybridized carbons (Fsp3) is 0.400. The third-order valence-corrected chi connectivity index (χ3v) is 2.50. The number of rotatable bonds is 0. The van der Waals surface area contributed by atoms with Gasteiger partial charge in [0.2, 0.25) is 0 Å².